The molecule has 1 saturated heterocycles. The van der Waals surface area contributed by atoms with E-state index < -0.39 is 30.4 Å². The number of hydrogen-bond acceptors (Lipinski definition) is 5. The molecule has 64 valence electrons. The number of hydrogen-bond donors (Lipinski definition) is 3. The first-order valence-electron chi connectivity index (χ1n) is 3.66. The lowest BCUT2D eigenvalue weighted by atomic mass is 10.0. The zero-order valence-electron chi connectivity index (χ0n) is 6.93. The number of aliphatic hydroxyl groups is 3. The highest BCUT2D eigenvalue weighted by molar-refractivity contribution is 5.88. The molecule has 5 heteroatoms. The van der Waals surface area contributed by atoms with Gasteiger partial charge in [-0.1, -0.05) is 0 Å². The average molecular weight is 164 g/mol. The van der Waals surface area contributed by atoms with Crippen LogP contribution in [0.1, 0.15) is 6.92 Å². The first kappa shape index (κ1) is 7.17. The van der Waals surface area contributed by atoms with E-state index in [1.54, 1.807) is 0 Å². The van der Waals surface area contributed by atoms with Gasteiger partial charge in [0.15, 0.2) is 18.2 Å². The van der Waals surface area contributed by atoms with E-state index in [0.717, 1.165) is 0 Å². The van der Waals surface area contributed by atoms with E-state index in [1.165, 1.54) is 6.92 Å². The summed E-state index contributed by atoms with van der Waals surface area (Å²) in [5.74, 6) is -0.772. The van der Waals surface area contributed by atoms with Crippen LogP contribution in [0, 0.1) is 0 Å². The summed E-state index contributed by atoms with van der Waals surface area (Å²) >= 11 is 0. The predicted octanol–water partition coefficient (Wildman–Crippen LogP) is -1.99. The molecule has 0 spiro atoms. The number of rotatable bonds is 1. The number of Topliss-reactive ketones (excluding diaryl/α,β-unsaturated/α-hetero) is 1. The van der Waals surface area contributed by atoms with Gasteiger partial charge in [0.25, 0.3) is 0 Å². The molecule has 0 radical (unpaired) electrons. The van der Waals surface area contributed by atoms with Crippen LogP contribution in [-0.4, -0.2) is 47.1 Å². The molecule has 0 aliphatic carbocycles. The summed E-state index contributed by atoms with van der Waals surface area (Å²) < 4.78 is 11.3. The topological polar surface area (TPSA) is 87.0 Å². The van der Waals surface area contributed by atoms with Crippen LogP contribution in [-0.2, 0) is 9.53 Å². The highest BCUT2D eigenvalue weighted by Gasteiger charge is 2.40. The Morgan fingerprint density at radius 1 is 1.55 bits per heavy atom. The van der Waals surface area contributed by atoms with E-state index in [9.17, 15) is 4.79 Å². The quantitative estimate of drug-likeness (QED) is 0.418. The van der Waals surface area contributed by atoms with Crippen molar-refractivity contribution in [3.8, 4) is 0 Å². The maximum atomic E-state index is 11.0. The van der Waals surface area contributed by atoms with Crippen LogP contribution >= 0.6 is 0 Å². The Morgan fingerprint density at radius 2 is 2.18 bits per heavy atom. The number of ether oxygens (including phenoxy) is 1. The summed E-state index contributed by atoms with van der Waals surface area (Å²) in [4.78, 5) is 11.0. The fraction of sp³-hybridized carbons (Fsp3) is 0.833. The molecule has 0 aromatic heterocycles. The van der Waals surface area contributed by atoms with Crippen LogP contribution in [0.3, 0.4) is 0 Å². The van der Waals surface area contributed by atoms with Crippen molar-refractivity contribution in [1.82, 2.24) is 0 Å². The lowest BCUT2D eigenvalue weighted by molar-refractivity contribution is -0.229. The van der Waals surface area contributed by atoms with Gasteiger partial charge in [0.05, 0.1) is 6.10 Å². The summed E-state index contributed by atoms with van der Waals surface area (Å²) in [6.07, 6.45) is -4.97. The van der Waals surface area contributed by atoms with Gasteiger partial charge >= 0.3 is 0 Å². The molecule has 4 atom stereocenters. The SMILES string of the molecule is [3H]O[C@H]1OC(C)[C@@H](O)C(=O)C1O. The monoisotopic (exact) mass is 164 g/mol. The minimum atomic E-state index is -1.58. The molecule has 0 bridgehead atoms. The van der Waals surface area contributed by atoms with Crippen LogP contribution < -0.4 is 0 Å². The van der Waals surface area contributed by atoms with Gasteiger partial charge in [-0.3, -0.25) is 4.79 Å². The molecule has 5 nitrogen and oxygen atoms in total. The van der Waals surface area contributed by atoms with Crippen LogP contribution in [0.25, 0.3) is 0 Å². The zero-order valence-corrected chi connectivity index (χ0v) is 5.93. The smallest absolute Gasteiger partial charge is 0.213 e. The Bertz CT molecular complexity index is 185. The third-order valence-electron chi connectivity index (χ3n) is 1.63. The van der Waals surface area contributed by atoms with E-state index in [-0.39, 0.29) is 0 Å². The van der Waals surface area contributed by atoms with E-state index >= 15 is 0 Å². The van der Waals surface area contributed by atoms with E-state index in [4.69, 9.17) is 16.4 Å². The van der Waals surface area contributed by atoms with Crippen molar-refractivity contribution in [3.63, 3.8) is 0 Å². The number of ketones is 1. The molecule has 1 aliphatic heterocycles. The predicted molar refractivity (Wildman–Crippen MR) is 33.6 cm³/mol. The van der Waals surface area contributed by atoms with Crippen molar-refractivity contribution in [2.24, 2.45) is 0 Å². The molecule has 1 fully saturated rings. The Balaban J connectivity index is 2.70. The average Bonchev–Trinajstić information content (AvgIpc) is 2.08. The fourth-order valence-corrected chi connectivity index (χ4v) is 0.901. The van der Waals surface area contributed by atoms with Crippen molar-refractivity contribution >= 4 is 5.78 Å². The fourth-order valence-electron chi connectivity index (χ4n) is 0.901. The van der Waals surface area contributed by atoms with Crippen molar-refractivity contribution in [1.29, 1.82) is 1.43 Å². The van der Waals surface area contributed by atoms with E-state index in [0.29, 0.717) is 0 Å². The molecule has 0 aromatic carbocycles. The minimum absolute atomic E-state index is 0.753. The second-order valence-electron chi connectivity index (χ2n) is 2.50. The normalized spacial score (nSPS) is 47.2. The molecule has 0 aromatic rings. The largest absolute Gasteiger partial charge is 0.382 e. The number of carbonyl (C=O) groups excluding carboxylic acids is 1. The second kappa shape index (κ2) is 2.86. The van der Waals surface area contributed by atoms with Crippen LogP contribution in [0.4, 0.5) is 0 Å². The number of aliphatic hydroxyl groups excluding tert-OH is 3. The molecule has 1 rings (SSSR count). The molecule has 2 unspecified atom stereocenters. The molecule has 1 heterocycles. The summed E-state index contributed by atoms with van der Waals surface area (Å²) in [5, 5.41) is 22.1. The summed E-state index contributed by atoms with van der Waals surface area (Å²) in [6, 6.07) is 0. The molecule has 3 N–H and O–H groups in total. The molecule has 11 heavy (non-hydrogen) atoms. The van der Waals surface area contributed by atoms with Crippen LogP contribution in [0.15, 0.2) is 0 Å². The molecular formula is C6H10O5. The van der Waals surface area contributed by atoms with Gasteiger partial charge < -0.3 is 20.1 Å². The van der Waals surface area contributed by atoms with Crippen LogP contribution in [0.5, 0.6) is 0 Å². The molecular weight excluding hydrogens is 152 g/mol. The highest BCUT2D eigenvalue weighted by atomic mass is 16.6. The van der Waals surface area contributed by atoms with Gasteiger partial charge in [0, 0.05) is 0 Å². The zero-order chi connectivity index (χ0) is 9.30. The first-order chi connectivity index (χ1) is 5.57. The standard InChI is InChI=1S/C6H10O5/c1-2-3(7)4(8)5(9)6(10)11-2/h2-3,5-7,9-10H,1H3/t2?,3-,5?,6+/m1/s1/i10T. The third-order valence-corrected chi connectivity index (χ3v) is 1.63. The Hall–Kier alpha value is -0.490. The first-order valence-corrected chi connectivity index (χ1v) is 3.25. The Labute approximate surface area is 64.7 Å². The minimum Gasteiger partial charge on any atom is -0.382 e. The van der Waals surface area contributed by atoms with Gasteiger partial charge in [0.2, 0.25) is 1.43 Å². The van der Waals surface area contributed by atoms with E-state index in [1.807, 2.05) is 0 Å². The van der Waals surface area contributed by atoms with Gasteiger partial charge in [-0.2, -0.15) is 0 Å². The Morgan fingerprint density at radius 3 is 2.73 bits per heavy atom. The van der Waals surface area contributed by atoms with Crippen molar-refractivity contribution in [2.75, 3.05) is 0 Å². The maximum Gasteiger partial charge on any atom is 0.213 e. The molecule has 0 amide bonds. The molecule has 0 saturated carbocycles. The highest BCUT2D eigenvalue weighted by Crippen LogP contribution is 2.14. The number of carbonyl (C=O) groups is 1. The van der Waals surface area contributed by atoms with E-state index in [2.05, 4.69) is 5.11 Å². The van der Waals surface area contributed by atoms with Crippen molar-refractivity contribution < 1.29 is 24.9 Å². The van der Waals surface area contributed by atoms with Gasteiger partial charge in [-0.15, -0.1) is 0 Å². The summed E-state index contributed by atoms with van der Waals surface area (Å²) in [5.41, 5.74) is 0. The van der Waals surface area contributed by atoms with Gasteiger partial charge in [-0.05, 0) is 6.92 Å². The third kappa shape index (κ3) is 1.41. The van der Waals surface area contributed by atoms with Crippen LogP contribution in [0.2, 0.25) is 0 Å². The summed E-state index contributed by atoms with van der Waals surface area (Å²) in [6.45, 7) is 1.46. The Kier molecular flexibility index (Phi) is 1.87. The van der Waals surface area contributed by atoms with Gasteiger partial charge in [0.1, 0.15) is 6.10 Å². The lowest BCUT2D eigenvalue weighted by Crippen LogP contribution is -2.53. The lowest BCUT2D eigenvalue weighted by Gasteiger charge is -2.31. The van der Waals surface area contributed by atoms with Crippen molar-refractivity contribution in [2.45, 2.75) is 31.5 Å². The second-order valence-corrected chi connectivity index (χ2v) is 2.50. The van der Waals surface area contributed by atoms with Crippen molar-refractivity contribution in [3.05, 3.63) is 0 Å². The van der Waals surface area contributed by atoms with Gasteiger partial charge in [-0.25, -0.2) is 0 Å². The molecule has 1 aliphatic rings. The summed E-state index contributed by atoms with van der Waals surface area (Å²) in [7, 11) is 0. The maximum absolute atomic E-state index is 11.0.